The first-order valence-corrected chi connectivity index (χ1v) is 7.49. The lowest BCUT2D eigenvalue weighted by Crippen LogP contribution is -2.29. The highest BCUT2D eigenvalue weighted by molar-refractivity contribution is 7.12. The van der Waals surface area contributed by atoms with E-state index in [-0.39, 0.29) is 18.4 Å². The molecule has 1 heterocycles. The van der Waals surface area contributed by atoms with Gasteiger partial charge in [0.2, 0.25) is 5.91 Å². The first kappa shape index (κ1) is 15.7. The van der Waals surface area contributed by atoms with Crippen molar-refractivity contribution in [1.29, 1.82) is 0 Å². The molecule has 1 aromatic heterocycles. The summed E-state index contributed by atoms with van der Waals surface area (Å²) in [5.41, 5.74) is 0. The quantitative estimate of drug-likeness (QED) is 0.786. The summed E-state index contributed by atoms with van der Waals surface area (Å²) in [7, 11) is 0. The molecule has 2 N–H and O–H groups in total. The number of thiophene rings is 1. The van der Waals surface area contributed by atoms with E-state index in [4.69, 9.17) is 5.11 Å². The van der Waals surface area contributed by atoms with E-state index in [1.54, 1.807) is 11.3 Å². The van der Waals surface area contributed by atoms with Gasteiger partial charge in [-0.3, -0.25) is 4.79 Å². The van der Waals surface area contributed by atoms with Crippen LogP contribution in [-0.2, 0) is 11.3 Å². The number of hydrogen-bond donors (Lipinski definition) is 2. The molecule has 4 heteroatoms. The second kappa shape index (κ2) is 8.73. The van der Waals surface area contributed by atoms with Gasteiger partial charge in [-0.15, -0.1) is 11.3 Å². The molecular weight excluding hydrogens is 258 g/mol. The van der Waals surface area contributed by atoms with Crippen molar-refractivity contribution in [3.63, 3.8) is 0 Å². The van der Waals surface area contributed by atoms with Crippen molar-refractivity contribution in [3.8, 4) is 11.8 Å². The molecule has 1 aromatic rings. The van der Waals surface area contributed by atoms with Crippen LogP contribution in [0.25, 0.3) is 0 Å². The van der Waals surface area contributed by atoms with E-state index in [2.05, 4.69) is 17.2 Å². The first-order chi connectivity index (χ1) is 9.21. The number of nitrogens with one attached hydrogen (secondary N) is 1. The van der Waals surface area contributed by atoms with E-state index in [0.29, 0.717) is 13.0 Å². The van der Waals surface area contributed by atoms with Crippen LogP contribution in [-0.4, -0.2) is 17.6 Å². The summed E-state index contributed by atoms with van der Waals surface area (Å²) in [4.78, 5) is 13.9. The van der Waals surface area contributed by atoms with Gasteiger partial charge in [0.15, 0.2) is 0 Å². The van der Waals surface area contributed by atoms with Crippen LogP contribution in [0.2, 0.25) is 0 Å². The Balaban J connectivity index is 2.46. The lowest BCUT2D eigenvalue weighted by molar-refractivity contribution is -0.125. The van der Waals surface area contributed by atoms with E-state index < -0.39 is 0 Å². The number of hydrogen-bond acceptors (Lipinski definition) is 3. The maximum atomic E-state index is 11.8. The van der Waals surface area contributed by atoms with E-state index in [1.165, 1.54) is 0 Å². The minimum atomic E-state index is 0.0940. The smallest absolute Gasteiger partial charge is 0.223 e. The normalized spacial score (nSPS) is 10.1. The monoisotopic (exact) mass is 279 g/mol. The molecule has 104 valence electrons. The molecule has 0 radical (unpaired) electrons. The van der Waals surface area contributed by atoms with Crippen LogP contribution in [0.4, 0.5) is 0 Å². The molecule has 0 aromatic carbocycles. The third-order valence-electron chi connectivity index (χ3n) is 2.90. The summed E-state index contributed by atoms with van der Waals surface area (Å²) in [6.45, 7) is 4.74. The van der Waals surface area contributed by atoms with Crippen LogP contribution in [0, 0.1) is 17.8 Å². The van der Waals surface area contributed by atoms with Crippen LogP contribution in [0.1, 0.15) is 42.9 Å². The molecule has 0 spiro atoms. The molecular formula is C15H21NO2S. The largest absolute Gasteiger partial charge is 0.395 e. The average molecular weight is 279 g/mol. The third kappa shape index (κ3) is 5.46. The van der Waals surface area contributed by atoms with E-state index >= 15 is 0 Å². The molecule has 0 atom stereocenters. The molecule has 0 fully saturated rings. The molecule has 0 aliphatic heterocycles. The lowest BCUT2D eigenvalue weighted by Gasteiger charge is -2.11. The van der Waals surface area contributed by atoms with Gasteiger partial charge in [-0.2, -0.15) is 0 Å². The van der Waals surface area contributed by atoms with Crippen LogP contribution in [0.15, 0.2) is 12.1 Å². The zero-order valence-corrected chi connectivity index (χ0v) is 12.3. The Kier molecular flexibility index (Phi) is 7.24. The Labute approximate surface area is 119 Å². The lowest BCUT2D eigenvalue weighted by atomic mass is 10.0. The van der Waals surface area contributed by atoms with Crippen LogP contribution in [0.5, 0.6) is 0 Å². The molecule has 0 aliphatic carbocycles. The van der Waals surface area contributed by atoms with Gasteiger partial charge in [-0.25, -0.2) is 0 Å². The van der Waals surface area contributed by atoms with E-state index in [0.717, 1.165) is 22.6 Å². The third-order valence-corrected chi connectivity index (χ3v) is 3.90. The predicted octanol–water partition coefficient (Wildman–Crippen LogP) is 2.53. The van der Waals surface area contributed by atoms with Crippen molar-refractivity contribution in [2.75, 3.05) is 6.61 Å². The molecule has 0 bridgehead atoms. The molecule has 19 heavy (non-hydrogen) atoms. The van der Waals surface area contributed by atoms with Gasteiger partial charge in [-0.1, -0.05) is 25.7 Å². The average Bonchev–Trinajstić information content (AvgIpc) is 2.86. The van der Waals surface area contributed by atoms with Gasteiger partial charge < -0.3 is 10.4 Å². The predicted molar refractivity (Wildman–Crippen MR) is 78.8 cm³/mol. The minimum Gasteiger partial charge on any atom is -0.395 e. The Hall–Kier alpha value is -1.31. The fraction of sp³-hybridized carbons (Fsp3) is 0.533. The molecule has 0 saturated heterocycles. The molecule has 0 unspecified atom stereocenters. The number of amides is 1. The summed E-state index contributed by atoms with van der Waals surface area (Å²) in [5.74, 6) is 6.13. The molecule has 3 nitrogen and oxygen atoms in total. The van der Waals surface area contributed by atoms with Gasteiger partial charge in [0, 0.05) is 17.2 Å². The number of carbonyl (C=O) groups excluding carboxylic acids is 1. The van der Waals surface area contributed by atoms with Gasteiger partial charge >= 0.3 is 0 Å². The maximum absolute atomic E-state index is 11.8. The summed E-state index contributed by atoms with van der Waals surface area (Å²) < 4.78 is 0. The summed E-state index contributed by atoms with van der Waals surface area (Å²) in [5, 5.41) is 11.6. The van der Waals surface area contributed by atoms with E-state index in [1.807, 2.05) is 26.0 Å². The number of aliphatic hydroxyl groups is 1. The Morgan fingerprint density at radius 1 is 1.42 bits per heavy atom. The summed E-state index contributed by atoms with van der Waals surface area (Å²) in [6, 6.07) is 3.94. The number of aliphatic hydroxyl groups excluding tert-OH is 1. The van der Waals surface area contributed by atoms with Crippen molar-refractivity contribution in [2.24, 2.45) is 5.92 Å². The van der Waals surface area contributed by atoms with Crippen molar-refractivity contribution < 1.29 is 9.90 Å². The zero-order chi connectivity index (χ0) is 14.1. The second-order valence-corrected chi connectivity index (χ2v) is 5.44. The summed E-state index contributed by atoms with van der Waals surface area (Å²) in [6.07, 6.45) is 2.26. The highest BCUT2D eigenvalue weighted by atomic mass is 32.1. The molecule has 0 aliphatic rings. The molecule has 0 saturated carbocycles. The fourth-order valence-corrected chi connectivity index (χ4v) is 2.55. The fourth-order valence-electron chi connectivity index (χ4n) is 1.72. The minimum absolute atomic E-state index is 0.0940. The second-order valence-electron chi connectivity index (χ2n) is 4.27. The molecule has 1 rings (SSSR count). The van der Waals surface area contributed by atoms with Gasteiger partial charge in [-0.05, 0) is 25.0 Å². The Morgan fingerprint density at radius 3 is 2.79 bits per heavy atom. The topological polar surface area (TPSA) is 49.3 Å². The van der Waals surface area contributed by atoms with Crippen molar-refractivity contribution in [3.05, 3.63) is 21.9 Å². The van der Waals surface area contributed by atoms with Crippen molar-refractivity contribution in [1.82, 2.24) is 5.32 Å². The van der Waals surface area contributed by atoms with E-state index in [9.17, 15) is 4.79 Å². The SMILES string of the molecule is CCC(CC)C(=O)NCc1ccc(C#CCCO)s1. The zero-order valence-electron chi connectivity index (χ0n) is 11.5. The van der Waals surface area contributed by atoms with Crippen molar-refractivity contribution >= 4 is 17.2 Å². The van der Waals surface area contributed by atoms with Crippen molar-refractivity contribution in [2.45, 2.75) is 39.7 Å². The molecule has 1 amide bonds. The van der Waals surface area contributed by atoms with Gasteiger partial charge in [0.05, 0.1) is 18.0 Å². The standard InChI is InChI=1S/C15H21NO2S/c1-3-12(4-2)15(18)16-11-14-9-8-13(19-14)7-5-6-10-17/h8-9,12,17H,3-4,6,10-11H2,1-2H3,(H,16,18). The number of carbonyl (C=O) groups is 1. The summed E-state index contributed by atoms with van der Waals surface area (Å²) >= 11 is 1.58. The Morgan fingerprint density at radius 2 is 2.16 bits per heavy atom. The van der Waals surface area contributed by atoms with Gasteiger partial charge in [0.1, 0.15) is 0 Å². The van der Waals surface area contributed by atoms with Crippen LogP contribution < -0.4 is 5.32 Å². The maximum Gasteiger partial charge on any atom is 0.223 e. The van der Waals surface area contributed by atoms with Crippen LogP contribution in [0.3, 0.4) is 0 Å². The first-order valence-electron chi connectivity index (χ1n) is 6.67. The number of rotatable bonds is 6. The Bertz CT molecular complexity index is 452. The van der Waals surface area contributed by atoms with Gasteiger partial charge in [0.25, 0.3) is 0 Å². The highest BCUT2D eigenvalue weighted by Crippen LogP contribution is 2.15. The highest BCUT2D eigenvalue weighted by Gasteiger charge is 2.13. The van der Waals surface area contributed by atoms with Crippen LogP contribution >= 0.6 is 11.3 Å².